The van der Waals surface area contributed by atoms with Gasteiger partial charge in [-0.25, -0.2) is 9.78 Å². The van der Waals surface area contributed by atoms with Gasteiger partial charge in [0.2, 0.25) is 0 Å². The molecule has 2 N–H and O–H groups in total. The molecule has 0 aliphatic heterocycles. The zero-order valence-corrected chi connectivity index (χ0v) is 10.0. The van der Waals surface area contributed by atoms with Crippen molar-refractivity contribution in [2.24, 2.45) is 7.05 Å². The number of nitrogens with zero attached hydrogens (tertiary/aromatic N) is 3. The molecule has 17 heavy (non-hydrogen) atoms. The van der Waals surface area contributed by atoms with Crippen molar-refractivity contribution >= 4 is 12.0 Å². The Bertz CT molecular complexity index is 415. The van der Waals surface area contributed by atoms with Gasteiger partial charge in [-0.2, -0.15) is 0 Å². The molecule has 0 bridgehead atoms. The maximum Gasteiger partial charge on any atom is 0.325 e. The Balaban J connectivity index is 2.53. The Morgan fingerprint density at radius 1 is 1.65 bits per heavy atom. The third-order valence-electron chi connectivity index (χ3n) is 2.36. The molecule has 2 amide bonds. The minimum Gasteiger partial charge on any atom is -0.480 e. The normalized spacial score (nSPS) is 11.9. The molecule has 7 nitrogen and oxygen atoms in total. The highest BCUT2D eigenvalue weighted by Crippen LogP contribution is 1.99. The van der Waals surface area contributed by atoms with Crippen molar-refractivity contribution in [2.75, 3.05) is 7.05 Å². The highest BCUT2D eigenvalue weighted by Gasteiger charge is 2.17. The summed E-state index contributed by atoms with van der Waals surface area (Å²) in [5, 5.41) is 11.0. The summed E-state index contributed by atoms with van der Waals surface area (Å²) in [6.07, 6.45) is 3.42. The molecule has 1 aromatic rings. The van der Waals surface area contributed by atoms with E-state index in [0.717, 1.165) is 5.82 Å². The van der Waals surface area contributed by atoms with E-state index in [-0.39, 0.29) is 0 Å². The first-order valence-electron chi connectivity index (χ1n) is 5.12. The third kappa shape index (κ3) is 3.47. The molecule has 0 radical (unpaired) electrons. The van der Waals surface area contributed by atoms with E-state index in [1.54, 1.807) is 24.0 Å². The lowest BCUT2D eigenvalue weighted by Gasteiger charge is -2.19. The number of aryl methyl sites for hydroxylation is 1. The second kappa shape index (κ2) is 5.33. The van der Waals surface area contributed by atoms with Crippen LogP contribution in [0.5, 0.6) is 0 Å². The van der Waals surface area contributed by atoms with Gasteiger partial charge < -0.3 is 19.9 Å². The number of hydrogen-bond acceptors (Lipinski definition) is 3. The van der Waals surface area contributed by atoms with E-state index in [1.165, 1.54) is 11.8 Å². The first-order valence-corrected chi connectivity index (χ1v) is 5.12. The number of nitrogens with one attached hydrogen (secondary N) is 1. The standard InChI is InChI=1S/C10H16N4O3/c1-7(9(15)16)12-10(17)14(3)6-8-11-4-5-13(8)2/h4-5,7H,6H2,1-3H3,(H,12,17)(H,15,16). The molecular formula is C10H16N4O3. The van der Waals surface area contributed by atoms with Crippen LogP contribution in [0.1, 0.15) is 12.7 Å². The van der Waals surface area contributed by atoms with Crippen LogP contribution in [-0.2, 0) is 18.4 Å². The number of carboxylic acid groups (broad SMARTS) is 1. The van der Waals surface area contributed by atoms with E-state index in [9.17, 15) is 9.59 Å². The predicted molar refractivity (Wildman–Crippen MR) is 60.3 cm³/mol. The van der Waals surface area contributed by atoms with Crippen molar-refractivity contribution in [3.8, 4) is 0 Å². The molecule has 1 rings (SSSR count). The highest BCUT2D eigenvalue weighted by molar-refractivity contribution is 5.82. The van der Waals surface area contributed by atoms with E-state index in [1.807, 2.05) is 7.05 Å². The quantitative estimate of drug-likeness (QED) is 0.777. The maximum absolute atomic E-state index is 11.6. The van der Waals surface area contributed by atoms with Crippen LogP contribution in [0, 0.1) is 0 Å². The summed E-state index contributed by atoms with van der Waals surface area (Å²) < 4.78 is 1.80. The number of carboxylic acids is 1. The Morgan fingerprint density at radius 2 is 2.29 bits per heavy atom. The first-order chi connectivity index (χ1) is 7.91. The first kappa shape index (κ1) is 13.0. The summed E-state index contributed by atoms with van der Waals surface area (Å²) in [5.41, 5.74) is 0. The van der Waals surface area contributed by atoms with Gasteiger partial charge in [-0.05, 0) is 6.92 Å². The van der Waals surface area contributed by atoms with Crippen LogP contribution in [-0.4, -0.2) is 44.6 Å². The summed E-state index contributed by atoms with van der Waals surface area (Å²) in [5.74, 6) is -0.339. The van der Waals surface area contributed by atoms with E-state index in [4.69, 9.17) is 5.11 Å². The van der Waals surface area contributed by atoms with Gasteiger partial charge in [-0.1, -0.05) is 0 Å². The highest BCUT2D eigenvalue weighted by atomic mass is 16.4. The molecule has 94 valence electrons. The van der Waals surface area contributed by atoms with Crippen LogP contribution in [0.2, 0.25) is 0 Å². The molecule has 0 saturated heterocycles. The Morgan fingerprint density at radius 3 is 2.76 bits per heavy atom. The lowest BCUT2D eigenvalue weighted by Crippen LogP contribution is -2.45. The zero-order chi connectivity index (χ0) is 13.0. The largest absolute Gasteiger partial charge is 0.480 e. The summed E-state index contributed by atoms with van der Waals surface area (Å²) >= 11 is 0. The van der Waals surface area contributed by atoms with Crippen molar-refractivity contribution in [1.82, 2.24) is 19.8 Å². The van der Waals surface area contributed by atoms with Gasteiger partial charge in [0.25, 0.3) is 0 Å². The zero-order valence-electron chi connectivity index (χ0n) is 10.0. The van der Waals surface area contributed by atoms with E-state index < -0.39 is 18.0 Å². The van der Waals surface area contributed by atoms with E-state index in [2.05, 4.69) is 10.3 Å². The minimum atomic E-state index is -1.07. The molecule has 0 saturated carbocycles. The molecule has 1 atom stereocenters. The van der Waals surface area contributed by atoms with Gasteiger partial charge in [0.05, 0.1) is 6.54 Å². The second-order valence-corrected chi connectivity index (χ2v) is 3.82. The predicted octanol–water partition coefficient (Wildman–Crippen LogP) is 0.0346. The monoisotopic (exact) mass is 240 g/mol. The number of carbonyl (C=O) groups is 2. The van der Waals surface area contributed by atoms with Crippen LogP contribution in [0.4, 0.5) is 4.79 Å². The second-order valence-electron chi connectivity index (χ2n) is 3.82. The number of urea groups is 1. The van der Waals surface area contributed by atoms with Gasteiger partial charge in [0, 0.05) is 26.5 Å². The summed E-state index contributed by atoms with van der Waals surface area (Å²) in [4.78, 5) is 27.6. The fraction of sp³-hybridized carbons (Fsp3) is 0.500. The third-order valence-corrected chi connectivity index (χ3v) is 2.36. The fourth-order valence-electron chi connectivity index (χ4n) is 1.19. The SMILES string of the molecule is CC(NC(=O)N(C)Cc1nccn1C)C(=O)O. The van der Waals surface area contributed by atoms with Crippen molar-refractivity contribution in [3.05, 3.63) is 18.2 Å². The number of aromatic nitrogens is 2. The van der Waals surface area contributed by atoms with Crippen LogP contribution >= 0.6 is 0 Å². The van der Waals surface area contributed by atoms with Gasteiger partial charge >= 0.3 is 12.0 Å². The maximum atomic E-state index is 11.6. The molecule has 1 unspecified atom stereocenters. The summed E-state index contributed by atoms with van der Waals surface area (Å²) in [6, 6.07) is -1.35. The number of rotatable bonds is 4. The van der Waals surface area contributed by atoms with E-state index in [0.29, 0.717) is 6.54 Å². The van der Waals surface area contributed by atoms with Crippen LogP contribution in [0.3, 0.4) is 0 Å². The lowest BCUT2D eigenvalue weighted by atomic mass is 10.3. The molecule has 0 aromatic carbocycles. The number of imidazole rings is 1. The van der Waals surface area contributed by atoms with Crippen molar-refractivity contribution < 1.29 is 14.7 Å². The summed E-state index contributed by atoms with van der Waals surface area (Å²) in [6.45, 7) is 1.73. The fourth-order valence-corrected chi connectivity index (χ4v) is 1.19. The molecule has 0 aliphatic carbocycles. The smallest absolute Gasteiger partial charge is 0.325 e. The van der Waals surface area contributed by atoms with Gasteiger partial charge in [0.1, 0.15) is 11.9 Å². The van der Waals surface area contributed by atoms with Crippen molar-refractivity contribution in [1.29, 1.82) is 0 Å². The molecule has 0 aliphatic rings. The number of hydrogen-bond donors (Lipinski definition) is 2. The molecule has 1 aromatic heterocycles. The number of carbonyl (C=O) groups excluding carboxylic acids is 1. The van der Waals surface area contributed by atoms with Crippen molar-refractivity contribution in [2.45, 2.75) is 19.5 Å². The molecule has 0 fully saturated rings. The van der Waals surface area contributed by atoms with Gasteiger partial charge in [0.15, 0.2) is 0 Å². The van der Waals surface area contributed by atoms with Crippen molar-refractivity contribution in [3.63, 3.8) is 0 Å². The number of aliphatic carboxylic acids is 1. The van der Waals surface area contributed by atoms with Crippen LogP contribution in [0.15, 0.2) is 12.4 Å². The van der Waals surface area contributed by atoms with Gasteiger partial charge in [-0.15, -0.1) is 0 Å². The van der Waals surface area contributed by atoms with Crippen LogP contribution in [0.25, 0.3) is 0 Å². The average Bonchev–Trinajstić information content (AvgIpc) is 2.64. The Hall–Kier alpha value is -2.05. The number of amides is 2. The Labute approximate surface area is 99.1 Å². The molecule has 0 spiro atoms. The average molecular weight is 240 g/mol. The van der Waals surface area contributed by atoms with Crippen LogP contribution < -0.4 is 5.32 Å². The molecular weight excluding hydrogens is 224 g/mol. The molecule has 1 heterocycles. The van der Waals surface area contributed by atoms with E-state index >= 15 is 0 Å². The minimum absolute atomic E-state index is 0.321. The van der Waals surface area contributed by atoms with Gasteiger partial charge in [-0.3, -0.25) is 4.79 Å². The molecule has 7 heteroatoms. The summed E-state index contributed by atoms with van der Waals surface area (Å²) in [7, 11) is 3.41. The Kier molecular flexibility index (Phi) is 4.08. The lowest BCUT2D eigenvalue weighted by molar-refractivity contribution is -0.138. The topological polar surface area (TPSA) is 87.5 Å².